The summed E-state index contributed by atoms with van der Waals surface area (Å²) in [6.45, 7) is 2.64. The molecule has 2 aliphatic heterocycles. The average Bonchev–Trinajstić information content (AvgIpc) is 3.49. The maximum atomic E-state index is 13.7. The lowest BCUT2D eigenvalue weighted by molar-refractivity contribution is -0.121. The number of rotatable bonds is 4. The second-order valence-electron chi connectivity index (χ2n) is 7.91. The van der Waals surface area contributed by atoms with E-state index in [9.17, 15) is 9.59 Å². The predicted octanol–water partition coefficient (Wildman–Crippen LogP) is 3.17. The van der Waals surface area contributed by atoms with Gasteiger partial charge in [0.15, 0.2) is 0 Å². The van der Waals surface area contributed by atoms with Gasteiger partial charge in [-0.15, -0.1) is 10.2 Å². The van der Waals surface area contributed by atoms with Gasteiger partial charge in [-0.1, -0.05) is 43.7 Å². The van der Waals surface area contributed by atoms with E-state index < -0.39 is 5.41 Å². The van der Waals surface area contributed by atoms with Crippen LogP contribution in [-0.4, -0.2) is 44.1 Å². The average molecular weight is 401 g/mol. The zero-order chi connectivity index (χ0) is 20.7. The van der Waals surface area contributed by atoms with Crippen molar-refractivity contribution in [3.8, 4) is 5.69 Å². The summed E-state index contributed by atoms with van der Waals surface area (Å²) in [5.74, 6) is -0.0589. The molecule has 2 atom stereocenters. The van der Waals surface area contributed by atoms with Crippen LogP contribution in [0, 0.1) is 0 Å². The number of aromatic nitrogens is 3. The number of hydrogen-bond acceptors (Lipinski definition) is 4. The number of amides is 2. The second kappa shape index (κ2) is 7.09. The van der Waals surface area contributed by atoms with Gasteiger partial charge in [-0.3, -0.25) is 14.2 Å². The van der Waals surface area contributed by atoms with Crippen molar-refractivity contribution in [3.63, 3.8) is 0 Å². The Morgan fingerprint density at radius 2 is 1.87 bits per heavy atom. The Bertz CT molecular complexity index is 1110. The minimum atomic E-state index is -0.687. The van der Waals surface area contributed by atoms with E-state index in [0.29, 0.717) is 18.5 Å². The Kier molecular flexibility index (Phi) is 4.38. The fraction of sp³-hybridized carbons (Fsp3) is 0.304. The molecule has 3 heterocycles. The van der Waals surface area contributed by atoms with Crippen LogP contribution in [0.2, 0.25) is 0 Å². The first-order valence-electron chi connectivity index (χ1n) is 10.3. The molecule has 1 saturated heterocycles. The van der Waals surface area contributed by atoms with Crippen LogP contribution < -0.4 is 5.32 Å². The van der Waals surface area contributed by atoms with Gasteiger partial charge in [0.1, 0.15) is 12.7 Å². The number of carbonyl (C=O) groups excluding carboxylic acids is 2. The molecule has 3 aromatic rings. The third kappa shape index (κ3) is 2.58. The topological polar surface area (TPSA) is 80.1 Å². The molecule has 7 heteroatoms. The highest BCUT2D eigenvalue weighted by Crippen LogP contribution is 2.49. The molecular formula is C23H23N5O2. The van der Waals surface area contributed by atoms with E-state index in [1.807, 2.05) is 53.4 Å². The third-order valence-electron chi connectivity index (χ3n) is 6.41. The van der Waals surface area contributed by atoms with Crippen molar-refractivity contribution in [1.82, 2.24) is 19.7 Å². The minimum Gasteiger partial charge on any atom is -0.334 e. The molecule has 0 bridgehead atoms. The number of likely N-dealkylation sites (tertiary alicyclic amines) is 1. The van der Waals surface area contributed by atoms with Crippen molar-refractivity contribution in [2.45, 2.75) is 37.6 Å². The zero-order valence-corrected chi connectivity index (χ0v) is 16.8. The molecule has 1 N–H and O–H groups in total. The largest absolute Gasteiger partial charge is 0.334 e. The quantitative estimate of drug-likeness (QED) is 0.728. The SMILES string of the molecule is CCC[C@@H]1N(C(=O)c2ccccc2-n2cnnc2)CC[C@]12C(=O)Nc1ccccc12. The summed E-state index contributed by atoms with van der Waals surface area (Å²) < 4.78 is 1.74. The Morgan fingerprint density at radius 3 is 2.67 bits per heavy atom. The van der Waals surface area contributed by atoms with Gasteiger partial charge in [0, 0.05) is 12.2 Å². The van der Waals surface area contributed by atoms with E-state index in [1.54, 1.807) is 17.2 Å². The van der Waals surface area contributed by atoms with Crippen LogP contribution in [-0.2, 0) is 10.2 Å². The molecular weight excluding hydrogens is 378 g/mol. The summed E-state index contributed by atoms with van der Waals surface area (Å²) in [6.07, 6.45) is 5.45. The molecule has 0 saturated carbocycles. The number of nitrogens with zero attached hydrogens (tertiary/aromatic N) is 4. The number of benzene rings is 2. The molecule has 1 fully saturated rings. The van der Waals surface area contributed by atoms with Gasteiger partial charge < -0.3 is 10.2 Å². The first kappa shape index (κ1) is 18.5. The lowest BCUT2D eigenvalue weighted by Gasteiger charge is -2.34. The van der Waals surface area contributed by atoms with Crippen LogP contribution in [0.3, 0.4) is 0 Å². The van der Waals surface area contributed by atoms with Crippen molar-refractivity contribution in [3.05, 3.63) is 72.3 Å². The standard InChI is InChI=1S/C23H23N5O2/c1-2-7-20-23(17-9-4-5-10-18(17)26-22(23)30)12-13-28(20)21(29)16-8-3-6-11-19(16)27-14-24-25-15-27/h3-6,8-11,14-15,20H,2,7,12-13H2,1H3,(H,26,30)/t20-,23+/m0/s1. The Labute approximate surface area is 174 Å². The van der Waals surface area contributed by atoms with Gasteiger partial charge in [0.2, 0.25) is 5.91 Å². The minimum absolute atomic E-state index is 0.00421. The van der Waals surface area contributed by atoms with Crippen molar-refractivity contribution >= 4 is 17.5 Å². The summed E-state index contributed by atoms with van der Waals surface area (Å²) in [5, 5.41) is 10.8. The number of anilines is 1. The van der Waals surface area contributed by atoms with Gasteiger partial charge in [-0.05, 0) is 36.6 Å². The second-order valence-corrected chi connectivity index (χ2v) is 7.91. The van der Waals surface area contributed by atoms with Gasteiger partial charge in [0.05, 0.1) is 22.7 Å². The van der Waals surface area contributed by atoms with Gasteiger partial charge >= 0.3 is 0 Å². The molecule has 2 aliphatic rings. The molecule has 1 spiro atoms. The van der Waals surface area contributed by atoms with Crippen LogP contribution in [0.1, 0.15) is 42.1 Å². The van der Waals surface area contributed by atoms with E-state index >= 15 is 0 Å². The zero-order valence-electron chi connectivity index (χ0n) is 16.8. The Hall–Kier alpha value is -3.48. The molecule has 152 valence electrons. The van der Waals surface area contributed by atoms with Crippen LogP contribution in [0.15, 0.2) is 61.2 Å². The molecule has 0 radical (unpaired) electrons. The van der Waals surface area contributed by atoms with Crippen molar-refractivity contribution in [1.29, 1.82) is 0 Å². The normalized spacial score (nSPS) is 22.4. The molecule has 7 nitrogen and oxygen atoms in total. The number of nitrogens with one attached hydrogen (secondary N) is 1. The van der Waals surface area contributed by atoms with E-state index in [0.717, 1.165) is 29.8 Å². The maximum Gasteiger partial charge on any atom is 0.256 e. The van der Waals surface area contributed by atoms with Crippen LogP contribution in [0.25, 0.3) is 5.69 Å². The van der Waals surface area contributed by atoms with Gasteiger partial charge in [0.25, 0.3) is 5.91 Å². The first-order valence-corrected chi connectivity index (χ1v) is 10.3. The van der Waals surface area contributed by atoms with Crippen molar-refractivity contribution in [2.24, 2.45) is 0 Å². The van der Waals surface area contributed by atoms with E-state index in [1.165, 1.54) is 0 Å². The maximum absolute atomic E-state index is 13.7. The van der Waals surface area contributed by atoms with Crippen LogP contribution in [0.4, 0.5) is 5.69 Å². The Morgan fingerprint density at radius 1 is 1.13 bits per heavy atom. The number of carbonyl (C=O) groups is 2. The highest BCUT2D eigenvalue weighted by molar-refractivity contribution is 6.08. The summed E-state index contributed by atoms with van der Waals surface area (Å²) in [5.41, 5.74) is 2.51. The smallest absolute Gasteiger partial charge is 0.256 e. The lowest BCUT2D eigenvalue weighted by Crippen LogP contribution is -2.48. The van der Waals surface area contributed by atoms with E-state index in [2.05, 4.69) is 22.4 Å². The molecule has 2 amide bonds. The monoisotopic (exact) mass is 401 g/mol. The molecule has 5 rings (SSSR count). The highest BCUT2D eigenvalue weighted by atomic mass is 16.2. The van der Waals surface area contributed by atoms with Crippen LogP contribution in [0.5, 0.6) is 0 Å². The first-order chi connectivity index (χ1) is 14.7. The third-order valence-corrected chi connectivity index (χ3v) is 6.41. The molecule has 30 heavy (non-hydrogen) atoms. The highest BCUT2D eigenvalue weighted by Gasteiger charge is 2.58. The number of para-hydroxylation sites is 2. The molecule has 0 aliphatic carbocycles. The summed E-state index contributed by atoms with van der Waals surface area (Å²) in [6, 6.07) is 15.1. The predicted molar refractivity (Wildman–Crippen MR) is 112 cm³/mol. The van der Waals surface area contributed by atoms with E-state index in [4.69, 9.17) is 0 Å². The summed E-state index contributed by atoms with van der Waals surface area (Å²) in [4.78, 5) is 28.9. The van der Waals surface area contributed by atoms with E-state index in [-0.39, 0.29) is 17.9 Å². The van der Waals surface area contributed by atoms with Gasteiger partial charge in [-0.25, -0.2) is 0 Å². The summed E-state index contributed by atoms with van der Waals surface area (Å²) >= 11 is 0. The van der Waals surface area contributed by atoms with Crippen molar-refractivity contribution < 1.29 is 9.59 Å². The fourth-order valence-corrected chi connectivity index (χ4v) is 5.08. The molecule has 0 unspecified atom stereocenters. The molecule has 1 aromatic heterocycles. The lowest BCUT2D eigenvalue weighted by atomic mass is 9.73. The number of hydrogen-bond donors (Lipinski definition) is 1. The summed E-state index contributed by atoms with van der Waals surface area (Å²) in [7, 11) is 0. The Balaban J connectivity index is 1.57. The fourth-order valence-electron chi connectivity index (χ4n) is 5.08. The van der Waals surface area contributed by atoms with Gasteiger partial charge in [-0.2, -0.15) is 0 Å². The van der Waals surface area contributed by atoms with Crippen LogP contribution >= 0.6 is 0 Å². The van der Waals surface area contributed by atoms with Crippen molar-refractivity contribution in [2.75, 3.05) is 11.9 Å². The number of fused-ring (bicyclic) bond motifs is 2. The molecule has 2 aromatic carbocycles.